The molecule has 4 aromatic heterocycles. The van der Waals surface area contributed by atoms with Crippen molar-refractivity contribution in [2.45, 2.75) is 32.7 Å². The van der Waals surface area contributed by atoms with Crippen molar-refractivity contribution in [2.24, 2.45) is 0 Å². The highest BCUT2D eigenvalue weighted by Gasteiger charge is 2.31. The molecule has 1 N–H and O–H groups in total. The molecule has 1 aliphatic rings. The Hall–Kier alpha value is -4.60. The van der Waals surface area contributed by atoms with Crippen LogP contribution in [0.2, 0.25) is 0 Å². The Bertz CT molecular complexity index is 1540. The molecule has 10 heteroatoms. The van der Waals surface area contributed by atoms with E-state index in [1.165, 1.54) is 0 Å². The summed E-state index contributed by atoms with van der Waals surface area (Å²) in [6, 6.07) is 13.1. The monoisotopic (exact) mass is 481 g/mol. The number of hydrogen-bond donors (Lipinski definition) is 1. The minimum atomic E-state index is -0.0851. The van der Waals surface area contributed by atoms with Gasteiger partial charge in [0.25, 0.3) is 0 Å². The minimum absolute atomic E-state index is 0.0451. The minimum Gasteiger partial charge on any atom is -0.455 e. The molecule has 10 nitrogen and oxygen atoms in total. The number of fused-ring (bicyclic) bond motifs is 1. The molecule has 1 fully saturated rings. The number of nitrogens with zero attached hydrogens (tertiary/aromatic N) is 6. The Balaban J connectivity index is 1.40. The van der Waals surface area contributed by atoms with Crippen molar-refractivity contribution in [1.29, 1.82) is 0 Å². The van der Waals surface area contributed by atoms with Gasteiger partial charge in [-0.1, -0.05) is 11.2 Å². The third-order valence-electron chi connectivity index (χ3n) is 6.26. The molecular formula is C26H23N7O3. The predicted molar refractivity (Wildman–Crippen MR) is 131 cm³/mol. The lowest BCUT2D eigenvalue weighted by atomic mass is 10.0. The second-order valence-electron chi connectivity index (χ2n) is 8.70. The second kappa shape index (κ2) is 8.88. The summed E-state index contributed by atoms with van der Waals surface area (Å²) in [5.74, 6) is 2.79. The number of rotatable bonds is 5. The van der Waals surface area contributed by atoms with Gasteiger partial charge in [-0.2, -0.15) is 4.98 Å². The summed E-state index contributed by atoms with van der Waals surface area (Å²) in [6.45, 7) is 4.06. The topological polar surface area (TPSA) is 123 Å². The molecule has 6 rings (SSSR count). The fraction of sp³-hybridized carbons (Fsp3) is 0.231. The fourth-order valence-electron chi connectivity index (χ4n) is 4.60. The second-order valence-corrected chi connectivity index (χ2v) is 8.70. The molecule has 0 aliphatic carbocycles. The lowest BCUT2D eigenvalue weighted by Gasteiger charge is -2.25. The molecule has 1 aliphatic heterocycles. The number of aryl methyl sites for hydroxylation is 1. The number of aromatic nitrogens is 6. The molecule has 0 saturated carbocycles. The first-order valence-corrected chi connectivity index (χ1v) is 11.7. The number of aromatic amines is 1. The number of likely N-dealkylation sites (tertiary alicyclic amines) is 1. The summed E-state index contributed by atoms with van der Waals surface area (Å²) in [4.78, 5) is 35.4. The van der Waals surface area contributed by atoms with Crippen molar-refractivity contribution in [3.63, 3.8) is 0 Å². The molecule has 0 bridgehead atoms. The van der Waals surface area contributed by atoms with E-state index in [0.717, 1.165) is 41.7 Å². The van der Waals surface area contributed by atoms with Crippen LogP contribution in [0.4, 0.5) is 0 Å². The van der Waals surface area contributed by atoms with Crippen molar-refractivity contribution in [2.75, 3.05) is 6.54 Å². The third-order valence-corrected chi connectivity index (χ3v) is 6.26. The number of carbonyl (C=O) groups is 1. The summed E-state index contributed by atoms with van der Waals surface area (Å²) in [6.07, 6.45) is 5.15. The Morgan fingerprint density at radius 2 is 2.06 bits per heavy atom. The van der Waals surface area contributed by atoms with Crippen LogP contribution in [0.3, 0.4) is 0 Å². The van der Waals surface area contributed by atoms with Crippen molar-refractivity contribution >= 4 is 16.9 Å². The number of nitrogens with one attached hydrogen (secondary N) is 1. The summed E-state index contributed by atoms with van der Waals surface area (Å²) in [5.41, 5.74) is 3.86. The van der Waals surface area contributed by atoms with Crippen LogP contribution in [-0.4, -0.2) is 47.4 Å². The first-order chi connectivity index (χ1) is 17.5. The van der Waals surface area contributed by atoms with Gasteiger partial charge in [-0.25, -0.2) is 9.97 Å². The normalized spacial score (nSPS) is 15.5. The maximum absolute atomic E-state index is 12.4. The first-order valence-electron chi connectivity index (χ1n) is 11.7. The zero-order chi connectivity index (χ0) is 24.6. The molecule has 1 saturated heterocycles. The van der Waals surface area contributed by atoms with Gasteiger partial charge in [-0.3, -0.25) is 9.78 Å². The zero-order valence-electron chi connectivity index (χ0n) is 19.8. The number of imidazole rings is 1. The molecule has 1 aromatic carbocycles. The summed E-state index contributed by atoms with van der Waals surface area (Å²) in [7, 11) is 0. The van der Waals surface area contributed by atoms with E-state index in [9.17, 15) is 4.79 Å². The standard InChI is InChI=1S/C26H23N7O3/c1-15-29-26(32-36-15)20-9-8-17(14-28-20)35-24-13-22-21(30-25(31-22)19-6-3-4-10-27-19)12-18(24)23-7-5-11-33(23)16(2)34/h3-4,6,8-10,12-14,23H,5,7,11H2,1-2H3,(H,30,31). The largest absolute Gasteiger partial charge is 0.455 e. The van der Waals surface area contributed by atoms with Crippen LogP contribution in [0.15, 0.2) is 59.4 Å². The van der Waals surface area contributed by atoms with Crippen LogP contribution >= 0.6 is 0 Å². The maximum atomic E-state index is 12.4. The number of hydrogen-bond acceptors (Lipinski definition) is 8. The van der Waals surface area contributed by atoms with E-state index < -0.39 is 0 Å². The van der Waals surface area contributed by atoms with Gasteiger partial charge in [0.2, 0.25) is 17.6 Å². The average Bonchev–Trinajstić information content (AvgIpc) is 3.64. The Morgan fingerprint density at radius 1 is 1.14 bits per heavy atom. The highest BCUT2D eigenvalue weighted by Crippen LogP contribution is 2.41. The van der Waals surface area contributed by atoms with Crippen molar-refractivity contribution in [3.05, 3.63) is 66.3 Å². The lowest BCUT2D eigenvalue weighted by Crippen LogP contribution is -2.28. The third kappa shape index (κ3) is 4.06. The van der Waals surface area contributed by atoms with E-state index in [0.29, 0.717) is 34.7 Å². The summed E-state index contributed by atoms with van der Waals surface area (Å²) in [5, 5.41) is 3.91. The van der Waals surface area contributed by atoms with Gasteiger partial charge in [0.05, 0.1) is 23.3 Å². The first kappa shape index (κ1) is 21.9. The molecule has 1 atom stereocenters. The van der Waals surface area contributed by atoms with Gasteiger partial charge in [0.15, 0.2) is 5.82 Å². The van der Waals surface area contributed by atoms with E-state index in [1.54, 1.807) is 32.3 Å². The molecule has 180 valence electrons. The van der Waals surface area contributed by atoms with E-state index in [1.807, 2.05) is 41.3 Å². The summed E-state index contributed by atoms with van der Waals surface area (Å²) < 4.78 is 11.4. The number of ether oxygens (including phenoxy) is 1. The van der Waals surface area contributed by atoms with E-state index >= 15 is 0 Å². The number of amides is 1. The quantitative estimate of drug-likeness (QED) is 0.378. The SMILES string of the molecule is CC(=O)N1CCCC1c1cc2[nH]c(-c3ccccn3)nc2cc1Oc1ccc(-c2noc(C)n2)nc1. The maximum Gasteiger partial charge on any atom is 0.223 e. The molecule has 5 heterocycles. The van der Waals surface area contributed by atoms with Crippen LogP contribution in [0.25, 0.3) is 34.1 Å². The van der Waals surface area contributed by atoms with Crippen LogP contribution in [0.1, 0.15) is 37.3 Å². The molecule has 1 unspecified atom stereocenters. The predicted octanol–water partition coefficient (Wildman–Crippen LogP) is 4.85. The van der Waals surface area contributed by atoms with E-state index in [2.05, 4.69) is 25.1 Å². The Labute approximate surface area is 206 Å². The number of benzene rings is 1. The van der Waals surface area contributed by atoms with Gasteiger partial charge >= 0.3 is 0 Å². The number of pyridine rings is 2. The molecule has 36 heavy (non-hydrogen) atoms. The van der Waals surface area contributed by atoms with Crippen LogP contribution in [0, 0.1) is 6.92 Å². The van der Waals surface area contributed by atoms with E-state index in [-0.39, 0.29) is 11.9 Å². The highest BCUT2D eigenvalue weighted by molar-refractivity contribution is 5.82. The van der Waals surface area contributed by atoms with Crippen LogP contribution < -0.4 is 4.74 Å². The fourth-order valence-corrected chi connectivity index (χ4v) is 4.60. The lowest BCUT2D eigenvalue weighted by molar-refractivity contribution is -0.129. The van der Waals surface area contributed by atoms with Gasteiger partial charge in [0.1, 0.15) is 22.9 Å². The molecule has 1 amide bonds. The summed E-state index contributed by atoms with van der Waals surface area (Å²) >= 11 is 0. The van der Waals surface area contributed by atoms with Gasteiger partial charge in [0, 0.05) is 38.2 Å². The Morgan fingerprint density at radius 3 is 2.78 bits per heavy atom. The molecule has 0 spiro atoms. The van der Waals surface area contributed by atoms with Gasteiger partial charge in [-0.05, 0) is 43.2 Å². The van der Waals surface area contributed by atoms with Crippen LogP contribution in [-0.2, 0) is 4.79 Å². The van der Waals surface area contributed by atoms with E-state index in [4.69, 9.17) is 14.2 Å². The Kier molecular flexibility index (Phi) is 5.40. The van der Waals surface area contributed by atoms with Crippen molar-refractivity contribution in [1.82, 2.24) is 35.0 Å². The number of carbonyl (C=O) groups excluding carboxylic acids is 1. The zero-order valence-corrected chi connectivity index (χ0v) is 19.8. The number of H-pyrrole nitrogens is 1. The smallest absolute Gasteiger partial charge is 0.223 e. The molecular weight excluding hydrogens is 458 g/mol. The molecule has 0 radical (unpaired) electrons. The average molecular weight is 482 g/mol. The van der Waals surface area contributed by atoms with Gasteiger partial charge < -0.3 is 19.1 Å². The van der Waals surface area contributed by atoms with Crippen molar-refractivity contribution in [3.8, 4) is 34.5 Å². The van der Waals surface area contributed by atoms with Crippen molar-refractivity contribution < 1.29 is 14.1 Å². The molecule has 5 aromatic rings. The van der Waals surface area contributed by atoms with Gasteiger partial charge in [-0.15, -0.1) is 0 Å². The highest BCUT2D eigenvalue weighted by atomic mass is 16.5. The van der Waals surface area contributed by atoms with Crippen LogP contribution in [0.5, 0.6) is 11.5 Å².